The number of fused-ring (bicyclic) bond motifs is 1. The number of anilines is 1. The molecule has 6 heteroatoms. The largest absolute Gasteiger partial charge is 0.370 e. The number of hydrogen-bond acceptors (Lipinski definition) is 4. The molecule has 0 radical (unpaired) electrons. The molecule has 0 amide bonds. The minimum atomic E-state index is 0.357. The maximum absolute atomic E-state index is 6.29. The Morgan fingerprint density at radius 2 is 2.14 bits per heavy atom. The topological polar surface area (TPSA) is 46.3 Å². The van der Waals surface area contributed by atoms with Crippen LogP contribution in [0.15, 0.2) is 42.9 Å². The summed E-state index contributed by atoms with van der Waals surface area (Å²) in [6.07, 6.45) is 7.76. The van der Waals surface area contributed by atoms with Crippen molar-refractivity contribution in [2.45, 2.75) is 18.8 Å². The van der Waals surface area contributed by atoms with Crippen LogP contribution < -0.4 is 4.90 Å². The Morgan fingerprint density at radius 3 is 3.05 bits per heavy atom. The van der Waals surface area contributed by atoms with Crippen molar-refractivity contribution in [3.8, 4) is 0 Å². The lowest BCUT2D eigenvalue weighted by Crippen LogP contribution is -2.35. The Hall–Kier alpha value is -2.14. The van der Waals surface area contributed by atoms with Crippen LogP contribution in [0.5, 0.6) is 0 Å². The van der Waals surface area contributed by atoms with Gasteiger partial charge >= 0.3 is 0 Å². The summed E-state index contributed by atoms with van der Waals surface area (Å²) in [4.78, 5) is 6.39. The first-order chi connectivity index (χ1) is 10.8. The van der Waals surface area contributed by atoms with Crippen molar-refractivity contribution in [3.05, 3.63) is 53.7 Å². The maximum Gasteiger partial charge on any atom is 0.160 e. The number of halogens is 1. The van der Waals surface area contributed by atoms with Crippen LogP contribution in [0.25, 0.3) is 5.65 Å². The molecule has 4 heterocycles. The van der Waals surface area contributed by atoms with Crippen LogP contribution in [0.3, 0.4) is 0 Å². The zero-order valence-corrected chi connectivity index (χ0v) is 12.8. The van der Waals surface area contributed by atoms with Gasteiger partial charge in [0.25, 0.3) is 0 Å². The molecule has 0 N–H and O–H groups in total. The molecule has 3 aromatic rings. The lowest BCUT2D eigenvalue weighted by molar-refractivity contribution is 0.488. The van der Waals surface area contributed by atoms with Crippen molar-refractivity contribution < 1.29 is 0 Å². The van der Waals surface area contributed by atoms with Gasteiger partial charge in [-0.1, -0.05) is 17.7 Å². The van der Waals surface area contributed by atoms with E-state index in [4.69, 9.17) is 11.6 Å². The highest BCUT2D eigenvalue weighted by atomic mass is 35.5. The van der Waals surface area contributed by atoms with Crippen LogP contribution in [0, 0.1) is 0 Å². The minimum absolute atomic E-state index is 0.357. The molecule has 1 atom stereocenters. The van der Waals surface area contributed by atoms with Gasteiger partial charge in [0.05, 0.1) is 10.7 Å². The maximum atomic E-state index is 6.29. The van der Waals surface area contributed by atoms with E-state index in [0.717, 1.165) is 43.1 Å². The highest BCUT2D eigenvalue weighted by molar-refractivity contribution is 6.33. The summed E-state index contributed by atoms with van der Waals surface area (Å²) >= 11 is 6.29. The predicted molar refractivity (Wildman–Crippen MR) is 86.4 cm³/mol. The fraction of sp³-hybridized carbons (Fsp3) is 0.312. The van der Waals surface area contributed by atoms with Gasteiger partial charge in [-0.25, -0.2) is 0 Å². The summed E-state index contributed by atoms with van der Waals surface area (Å²) in [5.74, 6) is 1.39. The fourth-order valence-electron chi connectivity index (χ4n) is 3.17. The third kappa shape index (κ3) is 2.31. The Labute approximate surface area is 133 Å². The molecule has 112 valence electrons. The van der Waals surface area contributed by atoms with Crippen molar-refractivity contribution in [1.29, 1.82) is 0 Å². The summed E-state index contributed by atoms with van der Waals surface area (Å²) in [5, 5.41) is 9.38. The molecule has 0 saturated carbocycles. The third-order valence-electron chi connectivity index (χ3n) is 4.22. The average Bonchev–Trinajstić information content (AvgIpc) is 2.99. The SMILES string of the molecule is Clc1cnccc1N1CCC[C@@H](c2nnc3ccccn23)C1. The fourth-order valence-corrected chi connectivity index (χ4v) is 3.41. The quantitative estimate of drug-likeness (QED) is 0.729. The zero-order valence-electron chi connectivity index (χ0n) is 12.1. The van der Waals surface area contributed by atoms with Gasteiger partial charge < -0.3 is 4.90 Å². The van der Waals surface area contributed by atoms with E-state index < -0.39 is 0 Å². The van der Waals surface area contributed by atoms with E-state index in [1.165, 1.54) is 0 Å². The Balaban J connectivity index is 1.65. The second-order valence-electron chi connectivity index (χ2n) is 5.60. The molecule has 0 spiro atoms. The molecule has 1 aliphatic heterocycles. The number of pyridine rings is 2. The van der Waals surface area contributed by atoms with Gasteiger partial charge in [0.2, 0.25) is 0 Å². The van der Waals surface area contributed by atoms with Gasteiger partial charge in [0.1, 0.15) is 5.82 Å². The standard InChI is InChI=1S/C16H16ClN5/c17-13-10-18-7-6-14(13)21-8-3-4-12(11-21)16-20-19-15-5-1-2-9-22(15)16/h1-2,5-7,9-10,12H,3-4,8,11H2/t12-/m1/s1. The Morgan fingerprint density at radius 1 is 1.18 bits per heavy atom. The van der Waals surface area contributed by atoms with Crippen molar-refractivity contribution in [3.63, 3.8) is 0 Å². The number of hydrogen-bond donors (Lipinski definition) is 0. The number of rotatable bonds is 2. The van der Waals surface area contributed by atoms with Crippen molar-refractivity contribution >= 4 is 22.9 Å². The normalized spacial score (nSPS) is 18.8. The van der Waals surface area contributed by atoms with Crippen molar-refractivity contribution in [1.82, 2.24) is 19.6 Å². The van der Waals surface area contributed by atoms with Gasteiger partial charge in [-0.3, -0.25) is 9.38 Å². The van der Waals surface area contributed by atoms with Gasteiger partial charge in [-0.2, -0.15) is 0 Å². The monoisotopic (exact) mass is 313 g/mol. The van der Waals surface area contributed by atoms with Gasteiger partial charge in [0.15, 0.2) is 5.65 Å². The molecule has 0 aromatic carbocycles. The predicted octanol–water partition coefficient (Wildman–Crippen LogP) is 3.16. The first-order valence-corrected chi connectivity index (χ1v) is 7.85. The highest BCUT2D eigenvalue weighted by Crippen LogP contribution is 2.32. The molecule has 4 rings (SSSR count). The van der Waals surface area contributed by atoms with Crippen LogP contribution in [-0.2, 0) is 0 Å². The smallest absolute Gasteiger partial charge is 0.160 e. The van der Waals surface area contributed by atoms with E-state index in [-0.39, 0.29) is 0 Å². The lowest BCUT2D eigenvalue weighted by Gasteiger charge is -2.34. The first-order valence-electron chi connectivity index (χ1n) is 7.47. The summed E-state index contributed by atoms with van der Waals surface area (Å²) in [5.41, 5.74) is 1.95. The van der Waals surface area contributed by atoms with E-state index in [1.54, 1.807) is 12.4 Å². The highest BCUT2D eigenvalue weighted by Gasteiger charge is 2.26. The van der Waals surface area contributed by atoms with E-state index in [1.807, 2.05) is 30.5 Å². The minimum Gasteiger partial charge on any atom is -0.370 e. The molecular formula is C16H16ClN5. The van der Waals surface area contributed by atoms with E-state index >= 15 is 0 Å². The van der Waals surface area contributed by atoms with Crippen LogP contribution in [0.1, 0.15) is 24.6 Å². The summed E-state index contributed by atoms with van der Waals surface area (Å²) in [6, 6.07) is 7.96. The van der Waals surface area contributed by atoms with E-state index in [2.05, 4.69) is 24.5 Å². The third-order valence-corrected chi connectivity index (χ3v) is 4.51. The molecule has 22 heavy (non-hydrogen) atoms. The molecule has 3 aromatic heterocycles. The van der Waals surface area contributed by atoms with Crippen molar-refractivity contribution in [2.75, 3.05) is 18.0 Å². The van der Waals surface area contributed by atoms with Gasteiger partial charge in [-0.05, 0) is 31.0 Å². The molecular weight excluding hydrogens is 298 g/mol. The number of aromatic nitrogens is 4. The molecule has 1 aliphatic rings. The average molecular weight is 314 g/mol. The summed E-state index contributed by atoms with van der Waals surface area (Å²) in [7, 11) is 0. The number of piperidine rings is 1. The number of nitrogens with zero attached hydrogens (tertiary/aromatic N) is 5. The van der Waals surface area contributed by atoms with Gasteiger partial charge in [0, 0.05) is 37.6 Å². The van der Waals surface area contributed by atoms with Crippen LogP contribution >= 0.6 is 11.6 Å². The molecule has 5 nitrogen and oxygen atoms in total. The van der Waals surface area contributed by atoms with Crippen molar-refractivity contribution in [2.24, 2.45) is 0 Å². The van der Waals surface area contributed by atoms with E-state index in [9.17, 15) is 0 Å². The summed E-state index contributed by atoms with van der Waals surface area (Å²) in [6.45, 7) is 1.91. The molecule has 0 bridgehead atoms. The first kappa shape index (κ1) is 13.5. The molecule has 0 unspecified atom stereocenters. The lowest BCUT2D eigenvalue weighted by atomic mass is 9.97. The Bertz CT molecular complexity index is 800. The molecule has 1 saturated heterocycles. The second-order valence-corrected chi connectivity index (χ2v) is 6.01. The molecule has 1 fully saturated rings. The Kier molecular flexibility index (Phi) is 3.42. The van der Waals surface area contributed by atoms with Crippen LogP contribution in [0.2, 0.25) is 5.02 Å². The van der Waals surface area contributed by atoms with E-state index in [0.29, 0.717) is 10.9 Å². The van der Waals surface area contributed by atoms with Crippen LogP contribution in [-0.4, -0.2) is 32.7 Å². The second kappa shape index (κ2) is 5.57. The molecule has 0 aliphatic carbocycles. The van der Waals surface area contributed by atoms with Gasteiger partial charge in [-0.15, -0.1) is 10.2 Å². The summed E-state index contributed by atoms with van der Waals surface area (Å²) < 4.78 is 2.09. The van der Waals surface area contributed by atoms with Crippen LogP contribution in [0.4, 0.5) is 5.69 Å². The zero-order chi connectivity index (χ0) is 14.9.